The Bertz CT molecular complexity index is 558. The Labute approximate surface area is 136 Å². The molecule has 0 bridgehead atoms. The van der Waals surface area contributed by atoms with Crippen molar-refractivity contribution in [3.05, 3.63) is 23.8 Å². The lowest BCUT2D eigenvalue weighted by molar-refractivity contribution is -0.148. The van der Waals surface area contributed by atoms with E-state index in [0.29, 0.717) is 25.5 Å². The van der Waals surface area contributed by atoms with Crippen molar-refractivity contribution in [3.63, 3.8) is 0 Å². The van der Waals surface area contributed by atoms with Crippen LogP contribution in [0.25, 0.3) is 0 Å². The minimum atomic E-state index is -0.482. The Morgan fingerprint density at radius 3 is 2.65 bits per heavy atom. The standard InChI is InChI=1S/C17H24N2O4/c1-12(20)23-17(14(18)11-19-6-2-3-7-19)13-4-5-15-16(10-13)22-9-8-21-15/h4-5,10,14,17H,2-3,6-9,11,18H2,1H3/t14-,17-/m1/s1. The molecule has 6 nitrogen and oxygen atoms in total. The number of ether oxygens (including phenoxy) is 3. The zero-order valence-corrected chi connectivity index (χ0v) is 13.5. The summed E-state index contributed by atoms with van der Waals surface area (Å²) in [6.45, 7) is 5.31. The van der Waals surface area contributed by atoms with Gasteiger partial charge in [-0.1, -0.05) is 6.07 Å². The molecule has 2 heterocycles. The summed E-state index contributed by atoms with van der Waals surface area (Å²) < 4.78 is 16.7. The molecule has 1 aromatic rings. The molecule has 0 aliphatic carbocycles. The van der Waals surface area contributed by atoms with Gasteiger partial charge in [0.25, 0.3) is 0 Å². The van der Waals surface area contributed by atoms with Gasteiger partial charge in [-0.25, -0.2) is 0 Å². The fourth-order valence-corrected chi connectivity index (χ4v) is 3.18. The number of nitrogens with zero attached hydrogens (tertiary/aromatic N) is 1. The normalized spacial score (nSPS) is 20.1. The van der Waals surface area contributed by atoms with Gasteiger partial charge in [0.1, 0.15) is 19.3 Å². The number of nitrogens with two attached hydrogens (primary N) is 1. The second kappa shape index (κ2) is 7.19. The van der Waals surface area contributed by atoms with Gasteiger partial charge >= 0.3 is 5.97 Å². The van der Waals surface area contributed by atoms with Gasteiger partial charge in [0.2, 0.25) is 0 Å². The van der Waals surface area contributed by atoms with E-state index in [1.54, 1.807) is 0 Å². The average molecular weight is 320 g/mol. The Balaban J connectivity index is 1.78. The van der Waals surface area contributed by atoms with E-state index in [4.69, 9.17) is 19.9 Å². The molecule has 0 aromatic heterocycles. The summed E-state index contributed by atoms with van der Waals surface area (Å²) in [7, 11) is 0. The summed E-state index contributed by atoms with van der Waals surface area (Å²) in [4.78, 5) is 13.8. The molecule has 2 atom stereocenters. The number of hydrogen-bond donors (Lipinski definition) is 1. The topological polar surface area (TPSA) is 74.0 Å². The van der Waals surface area contributed by atoms with E-state index < -0.39 is 6.10 Å². The highest BCUT2D eigenvalue weighted by Crippen LogP contribution is 2.34. The van der Waals surface area contributed by atoms with Crippen LogP contribution in [0, 0.1) is 0 Å². The molecule has 2 N–H and O–H groups in total. The quantitative estimate of drug-likeness (QED) is 0.829. The summed E-state index contributed by atoms with van der Waals surface area (Å²) in [5, 5.41) is 0. The summed E-state index contributed by atoms with van der Waals surface area (Å²) in [5.74, 6) is 1.07. The maximum Gasteiger partial charge on any atom is 0.303 e. The summed E-state index contributed by atoms with van der Waals surface area (Å²) in [6, 6.07) is 5.33. The second-order valence-corrected chi connectivity index (χ2v) is 6.10. The molecule has 0 saturated carbocycles. The average Bonchev–Trinajstić information content (AvgIpc) is 3.05. The number of carbonyl (C=O) groups excluding carboxylic acids is 1. The van der Waals surface area contributed by atoms with Crippen molar-refractivity contribution in [1.29, 1.82) is 0 Å². The molecular formula is C17H24N2O4. The third kappa shape index (κ3) is 3.95. The van der Waals surface area contributed by atoms with Crippen molar-refractivity contribution >= 4 is 5.97 Å². The van der Waals surface area contributed by atoms with Crippen LogP contribution in [0.4, 0.5) is 0 Å². The zero-order valence-electron chi connectivity index (χ0n) is 13.5. The van der Waals surface area contributed by atoms with E-state index in [1.807, 2.05) is 18.2 Å². The number of carbonyl (C=O) groups is 1. The SMILES string of the molecule is CC(=O)O[C@H](c1ccc2c(c1)OCCO2)[C@H](N)CN1CCCC1. The Hall–Kier alpha value is -1.79. The van der Waals surface area contributed by atoms with E-state index in [0.717, 1.165) is 24.4 Å². The van der Waals surface area contributed by atoms with Gasteiger partial charge in [-0.15, -0.1) is 0 Å². The molecule has 1 saturated heterocycles. The van der Waals surface area contributed by atoms with Crippen LogP contribution in [0.2, 0.25) is 0 Å². The van der Waals surface area contributed by atoms with Crippen molar-refractivity contribution in [2.75, 3.05) is 32.8 Å². The predicted molar refractivity (Wildman–Crippen MR) is 85.6 cm³/mol. The molecule has 1 aromatic carbocycles. The molecule has 0 spiro atoms. The zero-order chi connectivity index (χ0) is 16.2. The fraction of sp³-hybridized carbons (Fsp3) is 0.588. The maximum atomic E-state index is 11.5. The van der Waals surface area contributed by atoms with E-state index >= 15 is 0 Å². The van der Waals surface area contributed by atoms with E-state index in [2.05, 4.69) is 4.90 Å². The predicted octanol–water partition coefficient (Wildman–Crippen LogP) is 1.49. The van der Waals surface area contributed by atoms with Gasteiger partial charge in [0.15, 0.2) is 11.5 Å². The molecule has 3 rings (SSSR count). The number of likely N-dealkylation sites (tertiary alicyclic amines) is 1. The molecule has 0 unspecified atom stereocenters. The summed E-state index contributed by atoms with van der Waals surface area (Å²) >= 11 is 0. The van der Waals surface area contributed by atoms with Crippen LogP contribution in [0.15, 0.2) is 18.2 Å². The van der Waals surface area contributed by atoms with Crippen LogP contribution in [-0.2, 0) is 9.53 Å². The highest BCUT2D eigenvalue weighted by Gasteiger charge is 2.27. The van der Waals surface area contributed by atoms with Gasteiger partial charge in [0.05, 0.1) is 6.04 Å². The summed E-state index contributed by atoms with van der Waals surface area (Å²) in [5.41, 5.74) is 7.21. The number of rotatable bonds is 5. The minimum absolute atomic E-state index is 0.278. The molecule has 2 aliphatic heterocycles. The molecule has 0 amide bonds. The van der Waals surface area contributed by atoms with Crippen molar-refractivity contribution < 1.29 is 19.0 Å². The minimum Gasteiger partial charge on any atom is -0.486 e. The Morgan fingerprint density at radius 1 is 1.26 bits per heavy atom. The molecule has 0 radical (unpaired) electrons. The first-order chi connectivity index (χ1) is 11.1. The van der Waals surface area contributed by atoms with Gasteiger partial charge in [-0.05, 0) is 43.6 Å². The molecule has 126 valence electrons. The first-order valence-corrected chi connectivity index (χ1v) is 8.18. The highest BCUT2D eigenvalue weighted by molar-refractivity contribution is 5.66. The van der Waals surface area contributed by atoms with Crippen LogP contribution < -0.4 is 15.2 Å². The first-order valence-electron chi connectivity index (χ1n) is 8.18. The highest BCUT2D eigenvalue weighted by atomic mass is 16.6. The molecule has 23 heavy (non-hydrogen) atoms. The third-order valence-electron chi connectivity index (χ3n) is 4.24. The lowest BCUT2D eigenvalue weighted by Crippen LogP contribution is -2.41. The summed E-state index contributed by atoms with van der Waals surface area (Å²) in [6.07, 6.45) is 1.92. The first kappa shape index (κ1) is 16.1. The van der Waals surface area contributed by atoms with E-state index in [1.165, 1.54) is 19.8 Å². The maximum absolute atomic E-state index is 11.5. The van der Waals surface area contributed by atoms with Crippen LogP contribution in [-0.4, -0.2) is 49.8 Å². The van der Waals surface area contributed by atoms with Crippen molar-refractivity contribution in [3.8, 4) is 11.5 Å². The monoisotopic (exact) mass is 320 g/mol. The smallest absolute Gasteiger partial charge is 0.303 e. The van der Waals surface area contributed by atoms with Crippen LogP contribution in [0.3, 0.4) is 0 Å². The van der Waals surface area contributed by atoms with Gasteiger partial charge in [0, 0.05) is 13.5 Å². The van der Waals surface area contributed by atoms with Crippen LogP contribution >= 0.6 is 0 Å². The second-order valence-electron chi connectivity index (χ2n) is 6.10. The Morgan fingerprint density at radius 2 is 1.96 bits per heavy atom. The molecule has 2 aliphatic rings. The largest absolute Gasteiger partial charge is 0.486 e. The molecule has 1 fully saturated rings. The molecule has 6 heteroatoms. The third-order valence-corrected chi connectivity index (χ3v) is 4.24. The number of benzene rings is 1. The van der Waals surface area contributed by atoms with Crippen molar-refractivity contribution in [2.24, 2.45) is 5.73 Å². The number of fused-ring (bicyclic) bond motifs is 1. The van der Waals surface area contributed by atoms with E-state index in [-0.39, 0.29) is 12.0 Å². The van der Waals surface area contributed by atoms with E-state index in [9.17, 15) is 4.79 Å². The lowest BCUT2D eigenvalue weighted by Gasteiger charge is -2.28. The van der Waals surface area contributed by atoms with Crippen LogP contribution in [0.5, 0.6) is 11.5 Å². The van der Waals surface area contributed by atoms with Crippen molar-refractivity contribution in [2.45, 2.75) is 31.9 Å². The van der Waals surface area contributed by atoms with Gasteiger partial charge in [-0.2, -0.15) is 0 Å². The number of hydrogen-bond acceptors (Lipinski definition) is 6. The Kier molecular flexibility index (Phi) is 5.03. The van der Waals surface area contributed by atoms with Gasteiger partial charge in [-0.3, -0.25) is 4.79 Å². The van der Waals surface area contributed by atoms with Crippen LogP contribution in [0.1, 0.15) is 31.4 Å². The lowest BCUT2D eigenvalue weighted by atomic mass is 10.0. The molecular weight excluding hydrogens is 296 g/mol. The fourth-order valence-electron chi connectivity index (χ4n) is 3.18. The van der Waals surface area contributed by atoms with Crippen molar-refractivity contribution in [1.82, 2.24) is 4.90 Å². The number of esters is 1. The van der Waals surface area contributed by atoms with Gasteiger partial charge < -0.3 is 24.8 Å².